The maximum atomic E-state index is 11.5. The Morgan fingerprint density at radius 1 is 1.39 bits per heavy atom. The fourth-order valence-electron chi connectivity index (χ4n) is 1.36. The molecule has 0 saturated heterocycles. The first-order valence-electron chi connectivity index (χ1n) is 5.86. The number of hydrogen-bond acceptors (Lipinski definition) is 2. The summed E-state index contributed by atoms with van der Waals surface area (Å²) in [7, 11) is 1.79. The van der Waals surface area contributed by atoms with Gasteiger partial charge in [-0.3, -0.25) is 4.79 Å². The van der Waals surface area contributed by atoms with E-state index in [2.05, 4.69) is 0 Å². The van der Waals surface area contributed by atoms with E-state index >= 15 is 0 Å². The van der Waals surface area contributed by atoms with Gasteiger partial charge in [0, 0.05) is 25.0 Å². The fraction of sp³-hybridized carbons (Fsp3) is 0.462. The molecule has 0 atom stereocenters. The molecule has 0 spiro atoms. The van der Waals surface area contributed by atoms with Crippen LogP contribution in [-0.4, -0.2) is 31.0 Å². The molecule has 1 rings (SSSR count). The van der Waals surface area contributed by atoms with Gasteiger partial charge in [-0.05, 0) is 31.5 Å². The molecule has 100 valence electrons. The van der Waals surface area contributed by atoms with Crippen LogP contribution in [0.4, 0.5) is 0 Å². The van der Waals surface area contributed by atoms with Gasteiger partial charge in [0.1, 0.15) is 5.75 Å². The highest BCUT2D eigenvalue weighted by Crippen LogP contribution is 2.27. The van der Waals surface area contributed by atoms with Gasteiger partial charge in [-0.15, -0.1) is 0 Å². The van der Waals surface area contributed by atoms with Gasteiger partial charge < -0.3 is 9.64 Å². The van der Waals surface area contributed by atoms with Crippen LogP contribution in [0.1, 0.15) is 19.8 Å². The first kappa shape index (κ1) is 15.1. The topological polar surface area (TPSA) is 29.5 Å². The molecular weight excluding hydrogens is 273 g/mol. The van der Waals surface area contributed by atoms with E-state index in [0.29, 0.717) is 35.2 Å². The van der Waals surface area contributed by atoms with Crippen molar-refractivity contribution in [2.24, 2.45) is 0 Å². The summed E-state index contributed by atoms with van der Waals surface area (Å²) in [6.07, 6.45) is 1.15. The minimum Gasteiger partial charge on any atom is -0.492 e. The molecule has 1 aromatic rings. The third-order valence-electron chi connectivity index (χ3n) is 2.59. The summed E-state index contributed by atoms with van der Waals surface area (Å²) >= 11 is 11.7. The van der Waals surface area contributed by atoms with Crippen LogP contribution in [0.3, 0.4) is 0 Å². The second kappa shape index (κ2) is 7.49. The predicted molar refractivity (Wildman–Crippen MR) is 74.5 cm³/mol. The van der Waals surface area contributed by atoms with Crippen LogP contribution < -0.4 is 4.74 Å². The van der Waals surface area contributed by atoms with Gasteiger partial charge in [0.15, 0.2) is 0 Å². The Morgan fingerprint density at radius 3 is 2.72 bits per heavy atom. The molecule has 3 nitrogen and oxygen atoms in total. The largest absolute Gasteiger partial charge is 0.492 e. The van der Waals surface area contributed by atoms with Crippen molar-refractivity contribution in [3.05, 3.63) is 28.2 Å². The molecular formula is C13H17Cl2NO2. The average molecular weight is 290 g/mol. The van der Waals surface area contributed by atoms with Gasteiger partial charge in [-0.25, -0.2) is 0 Å². The Morgan fingerprint density at radius 2 is 2.11 bits per heavy atom. The number of rotatable bonds is 6. The molecule has 18 heavy (non-hydrogen) atoms. The van der Waals surface area contributed by atoms with Crippen LogP contribution in [0.5, 0.6) is 5.75 Å². The van der Waals surface area contributed by atoms with Crippen molar-refractivity contribution in [3.63, 3.8) is 0 Å². The number of benzene rings is 1. The lowest BCUT2D eigenvalue weighted by Crippen LogP contribution is -2.26. The number of amides is 1. The van der Waals surface area contributed by atoms with E-state index in [4.69, 9.17) is 27.9 Å². The van der Waals surface area contributed by atoms with Gasteiger partial charge >= 0.3 is 0 Å². The predicted octanol–water partition coefficient (Wildman–Crippen LogP) is 3.63. The van der Waals surface area contributed by atoms with Crippen molar-refractivity contribution in [2.75, 3.05) is 20.2 Å². The highest BCUT2D eigenvalue weighted by molar-refractivity contribution is 6.35. The number of halogens is 2. The Balaban J connectivity index is 2.32. The Labute approximate surface area is 118 Å². The molecule has 0 heterocycles. The molecule has 5 heteroatoms. The Bertz CT molecular complexity index is 410. The molecule has 0 radical (unpaired) electrons. The number of ether oxygens (including phenoxy) is 1. The molecule has 0 bridgehead atoms. The zero-order valence-corrected chi connectivity index (χ0v) is 12.1. The van der Waals surface area contributed by atoms with Crippen LogP contribution in [0, 0.1) is 0 Å². The van der Waals surface area contributed by atoms with E-state index in [1.165, 1.54) is 0 Å². The summed E-state index contributed by atoms with van der Waals surface area (Å²) < 4.78 is 5.49. The van der Waals surface area contributed by atoms with Crippen molar-refractivity contribution >= 4 is 29.1 Å². The summed E-state index contributed by atoms with van der Waals surface area (Å²) in [5, 5.41) is 1.06. The first-order chi connectivity index (χ1) is 8.54. The summed E-state index contributed by atoms with van der Waals surface area (Å²) in [5.74, 6) is 0.723. The highest BCUT2D eigenvalue weighted by atomic mass is 35.5. The van der Waals surface area contributed by atoms with Gasteiger partial charge in [-0.2, -0.15) is 0 Å². The average Bonchev–Trinajstić information content (AvgIpc) is 2.35. The van der Waals surface area contributed by atoms with Crippen LogP contribution in [0.25, 0.3) is 0 Å². The molecule has 0 aromatic heterocycles. The lowest BCUT2D eigenvalue weighted by Gasteiger charge is -2.14. The Kier molecular flexibility index (Phi) is 6.30. The normalized spacial score (nSPS) is 10.2. The quantitative estimate of drug-likeness (QED) is 0.749. The van der Waals surface area contributed by atoms with E-state index in [-0.39, 0.29) is 5.91 Å². The summed E-state index contributed by atoms with van der Waals surface area (Å²) in [6.45, 7) is 3.13. The molecule has 0 saturated carbocycles. The smallest absolute Gasteiger partial charge is 0.222 e. The van der Waals surface area contributed by atoms with Crippen LogP contribution >= 0.6 is 23.2 Å². The van der Waals surface area contributed by atoms with Crippen molar-refractivity contribution in [2.45, 2.75) is 19.8 Å². The third-order valence-corrected chi connectivity index (χ3v) is 3.12. The number of hydrogen-bond donors (Lipinski definition) is 0. The zero-order chi connectivity index (χ0) is 13.5. The van der Waals surface area contributed by atoms with E-state index in [9.17, 15) is 4.79 Å². The minimum atomic E-state index is 0.128. The maximum Gasteiger partial charge on any atom is 0.222 e. The van der Waals surface area contributed by atoms with Crippen LogP contribution in [-0.2, 0) is 4.79 Å². The van der Waals surface area contributed by atoms with E-state index < -0.39 is 0 Å². The third kappa shape index (κ3) is 4.75. The van der Waals surface area contributed by atoms with Gasteiger partial charge in [0.25, 0.3) is 0 Å². The van der Waals surface area contributed by atoms with Gasteiger partial charge in [-0.1, -0.05) is 23.2 Å². The molecule has 0 unspecified atom stereocenters. The van der Waals surface area contributed by atoms with E-state index in [1.54, 1.807) is 30.1 Å². The lowest BCUT2D eigenvalue weighted by molar-refractivity contribution is -0.129. The van der Waals surface area contributed by atoms with Crippen molar-refractivity contribution in [1.29, 1.82) is 0 Å². The van der Waals surface area contributed by atoms with Crippen LogP contribution in [0.15, 0.2) is 18.2 Å². The molecule has 0 fully saturated rings. The fourth-order valence-corrected chi connectivity index (χ4v) is 1.83. The monoisotopic (exact) mass is 289 g/mol. The summed E-state index contributed by atoms with van der Waals surface area (Å²) in [4.78, 5) is 13.2. The molecule has 0 N–H and O–H groups in total. The maximum absolute atomic E-state index is 11.5. The van der Waals surface area contributed by atoms with Gasteiger partial charge in [0.2, 0.25) is 5.91 Å². The second-order valence-corrected chi connectivity index (χ2v) is 4.78. The number of carbonyl (C=O) groups is 1. The van der Waals surface area contributed by atoms with Crippen molar-refractivity contribution in [3.8, 4) is 5.75 Å². The summed E-state index contributed by atoms with van der Waals surface area (Å²) in [5.41, 5.74) is 0. The highest BCUT2D eigenvalue weighted by Gasteiger charge is 2.07. The Hall–Kier alpha value is -0.930. The molecule has 0 aliphatic heterocycles. The molecule has 1 aromatic carbocycles. The minimum absolute atomic E-state index is 0.128. The van der Waals surface area contributed by atoms with Crippen LogP contribution in [0.2, 0.25) is 10.0 Å². The van der Waals surface area contributed by atoms with Gasteiger partial charge in [0.05, 0.1) is 11.6 Å². The standard InChI is InChI=1S/C13H17Cl2NO2/c1-3-16(2)13(17)5-4-8-18-12-7-6-10(14)9-11(12)15/h6-7,9H,3-5,8H2,1-2H3. The SMILES string of the molecule is CCN(C)C(=O)CCCOc1ccc(Cl)cc1Cl. The number of nitrogens with zero attached hydrogens (tertiary/aromatic N) is 1. The van der Waals surface area contributed by atoms with Crippen molar-refractivity contribution < 1.29 is 9.53 Å². The lowest BCUT2D eigenvalue weighted by atomic mass is 10.3. The summed E-state index contributed by atoms with van der Waals surface area (Å²) in [6, 6.07) is 5.08. The van der Waals surface area contributed by atoms with Crippen molar-refractivity contribution in [1.82, 2.24) is 4.90 Å². The second-order valence-electron chi connectivity index (χ2n) is 3.93. The number of carbonyl (C=O) groups excluding carboxylic acids is 1. The molecule has 0 aliphatic rings. The zero-order valence-electron chi connectivity index (χ0n) is 10.6. The first-order valence-corrected chi connectivity index (χ1v) is 6.62. The molecule has 1 amide bonds. The van der Waals surface area contributed by atoms with E-state index in [0.717, 1.165) is 6.54 Å². The molecule has 0 aliphatic carbocycles. The van der Waals surface area contributed by atoms with E-state index in [1.807, 2.05) is 6.92 Å².